The lowest BCUT2D eigenvalue weighted by Gasteiger charge is -1.97. The van der Waals surface area contributed by atoms with E-state index in [9.17, 15) is 0 Å². The zero-order valence-electron chi connectivity index (χ0n) is 3.83. The maximum Gasteiger partial charge on any atom is 0.0479 e. The highest BCUT2D eigenvalue weighted by Gasteiger charge is 1.97. The number of hydrogen-bond donors (Lipinski definition) is 0. The second kappa shape index (κ2) is 5.20. The van der Waals surface area contributed by atoms with Gasteiger partial charge in [-0.05, 0) is 6.42 Å². The first-order chi connectivity index (χ1) is 3.31. The first-order valence-corrected chi connectivity index (χ1v) is 4.16. The molecular formula is C4H7BrCl2. The van der Waals surface area contributed by atoms with Crippen molar-refractivity contribution in [2.75, 3.05) is 11.2 Å². The molecule has 7 heavy (non-hydrogen) atoms. The molecule has 0 saturated heterocycles. The molecule has 0 spiro atoms. The Balaban J connectivity index is 2.83. The molecule has 0 aliphatic heterocycles. The summed E-state index contributed by atoms with van der Waals surface area (Å²) in [6.07, 6.45) is 0.949. The molecule has 0 fully saturated rings. The minimum Gasteiger partial charge on any atom is -0.125 e. The highest BCUT2D eigenvalue weighted by atomic mass is 79.9. The topological polar surface area (TPSA) is 0 Å². The molecule has 1 atom stereocenters. The molecule has 44 valence electrons. The van der Waals surface area contributed by atoms with Crippen LogP contribution in [0.1, 0.15) is 6.42 Å². The van der Waals surface area contributed by atoms with E-state index in [0.29, 0.717) is 5.88 Å². The van der Waals surface area contributed by atoms with Crippen LogP contribution in [0.15, 0.2) is 0 Å². The van der Waals surface area contributed by atoms with E-state index >= 15 is 0 Å². The molecule has 0 N–H and O–H groups in total. The Hall–Kier alpha value is 1.06. The molecule has 0 aliphatic rings. The van der Waals surface area contributed by atoms with Gasteiger partial charge in [-0.15, -0.1) is 23.2 Å². The van der Waals surface area contributed by atoms with Crippen LogP contribution in [0.5, 0.6) is 0 Å². The summed E-state index contributed by atoms with van der Waals surface area (Å²) in [5.74, 6) is 0.549. The van der Waals surface area contributed by atoms with Crippen LogP contribution in [0.4, 0.5) is 0 Å². The Morgan fingerprint density at radius 2 is 2.14 bits per heavy atom. The Morgan fingerprint density at radius 3 is 2.29 bits per heavy atom. The van der Waals surface area contributed by atoms with Crippen molar-refractivity contribution in [3.8, 4) is 0 Å². The maximum absolute atomic E-state index is 5.60. The van der Waals surface area contributed by atoms with E-state index in [1.807, 2.05) is 0 Å². The van der Waals surface area contributed by atoms with Gasteiger partial charge in [-0.25, -0.2) is 0 Å². The minimum atomic E-state index is 0.140. The molecule has 0 aromatic heterocycles. The average Bonchev–Trinajstić information content (AvgIpc) is 1.68. The highest BCUT2D eigenvalue weighted by Crippen LogP contribution is 2.05. The Morgan fingerprint density at radius 1 is 1.57 bits per heavy atom. The molecule has 0 nitrogen and oxygen atoms in total. The third kappa shape index (κ3) is 4.92. The monoisotopic (exact) mass is 204 g/mol. The predicted octanol–water partition coefficient (Wildman–Crippen LogP) is 2.62. The molecule has 0 rings (SSSR count). The van der Waals surface area contributed by atoms with Gasteiger partial charge in [0.15, 0.2) is 0 Å². The zero-order chi connectivity index (χ0) is 5.70. The SMILES string of the molecule is ClCC(Cl)CCBr. The van der Waals surface area contributed by atoms with Crippen molar-refractivity contribution in [1.29, 1.82) is 0 Å². The van der Waals surface area contributed by atoms with E-state index in [1.54, 1.807) is 0 Å². The molecule has 0 amide bonds. The van der Waals surface area contributed by atoms with E-state index in [1.165, 1.54) is 0 Å². The number of alkyl halides is 3. The molecule has 0 radical (unpaired) electrons. The fourth-order valence-corrected chi connectivity index (χ4v) is 1.28. The van der Waals surface area contributed by atoms with Gasteiger partial charge >= 0.3 is 0 Å². The highest BCUT2D eigenvalue weighted by molar-refractivity contribution is 9.09. The molecule has 1 unspecified atom stereocenters. The third-order valence-corrected chi connectivity index (χ3v) is 1.95. The first-order valence-electron chi connectivity index (χ1n) is 2.07. The summed E-state index contributed by atoms with van der Waals surface area (Å²) in [7, 11) is 0. The standard InChI is InChI=1S/C4H7BrCl2/c5-2-1-4(7)3-6/h4H,1-3H2. The van der Waals surface area contributed by atoms with Crippen LogP contribution >= 0.6 is 39.1 Å². The summed E-state index contributed by atoms with van der Waals surface area (Å²) in [6, 6.07) is 0. The van der Waals surface area contributed by atoms with Gasteiger partial charge in [0, 0.05) is 16.6 Å². The van der Waals surface area contributed by atoms with Crippen molar-refractivity contribution in [2.45, 2.75) is 11.8 Å². The fraction of sp³-hybridized carbons (Fsp3) is 1.00. The van der Waals surface area contributed by atoms with Crippen molar-refractivity contribution >= 4 is 39.1 Å². The number of halogens is 3. The summed E-state index contributed by atoms with van der Waals surface area (Å²) in [5.41, 5.74) is 0. The van der Waals surface area contributed by atoms with Gasteiger partial charge in [-0.1, -0.05) is 15.9 Å². The Bertz CT molecular complexity index is 40.7. The van der Waals surface area contributed by atoms with Gasteiger partial charge in [0.2, 0.25) is 0 Å². The molecule has 0 heterocycles. The Kier molecular flexibility index (Phi) is 5.99. The number of rotatable bonds is 3. The average molecular weight is 206 g/mol. The molecule has 0 saturated carbocycles. The van der Waals surface area contributed by atoms with Crippen LogP contribution in [-0.2, 0) is 0 Å². The van der Waals surface area contributed by atoms with Crippen molar-refractivity contribution in [3.05, 3.63) is 0 Å². The first kappa shape index (κ1) is 8.06. The van der Waals surface area contributed by atoms with Gasteiger partial charge in [0.05, 0.1) is 0 Å². The molecule has 0 aromatic rings. The summed E-state index contributed by atoms with van der Waals surface area (Å²) in [5, 5.41) is 1.08. The minimum absolute atomic E-state index is 0.140. The van der Waals surface area contributed by atoms with Gasteiger partial charge in [0.1, 0.15) is 0 Å². The second-order valence-corrected chi connectivity index (χ2v) is 2.95. The molecular weight excluding hydrogens is 199 g/mol. The van der Waals surface area contributed by atoms with E-state index in [4.69, 9.17) is 23.2 Å². The zero-order valence-corrected chi connectivity index (χ0v) is 6.93. The van der Waals surface area contributed by atoms with Crippen LogP contribution in [0.3, 0.4) is 0 Å². The van der Waals surface area contributed by atoms with E-state index < -0.39 is 0 Å². The van der Waals surface area contributed by atoms with Gasteiger partial charge < -0.3 is 0 Å². The smallest absolute Gasteiger partial charge is 0.0479 e. The maximum atomic E-state index is 5.60. The lowest BCUT2D eigenvalue weighted by atomic mass is 10.4. The van der Waals surface area contributed by atoms with Crippen molar-refractivity contribution < 1.29 is 0 Å². The van der Waals surface area contributed by atoms with Crippen LogP contribution in [0.2, 0.25) is 0 Å². The molecule has 0 aliphatic carbocycles. The van der Waals surface area contributed by atoms with E-state index in [2.05, 4.69) is 15.9 Å². The lowest BCUT2D eigenvalue weighted by Crippen LogP contribution is -1.99. The van der Waals surface area contributed by atoms with Gasteiger partial charge in [-0.3, -0.25) is 0 Å². The fourth-order valence-electron chi connectivity index (χ4n) is 0.196. The molecule has 0 aromatic carbocycles. The predicted molar refractivity (Wildman–Crippen MR) is 38.8 cm³/mol. The summed E-state index contributed by atoms with van der Waals surface area (Å²) >= 11 is 14.2. The van der Waals surface area contributed by atoms with Crippen molar-refractivity contribution in [1.82, 2.24) is 0 Å². The largest absolute Gasteiger partial charge is 0.125 e. The summed E-state index contributed by atoms with van der Waals surface area (Å²) < 4.78 is 0. The van der Waals surface area contributed by atoms with Gasteiger partial charge in [-0.2, -0.15) is 0 Å². The molecule has 3 heteroatoms. The van der Waals surface area contributed by atoms with Crippen molar-refractivity contribution in [2.24, 2.45) is 0 Å². The normalized spacial score (nSPS) is 14.1. The second-order valence-electron chi connectivity index (χ2n) is 1.23. The quantitative estimate of drug-likeness (QED) is 0.622. The van der Waals surface area contributed by atoms with Crippen molar-refractivity contribution in [3.63, 3.8) is 0 Å². The summed E-state index contributed by atoms with van der Waals surface area (Å²) in [4.78, 5) is 0. The van der Waals surface area contributed by atoms with Crippen LogP contribution in [0, 0.1) is 0 Å². The van der Waals surface area contributed by atoms with Crippen LogP contribution < -0.4 is 0 Å². The van der Waals surface area contributed by atoms with Crippen LogP contribution in [-0.4, -0.2) is 16.6 Å². The third-order valence-electron chi connectivity index (χ3n) is 0.590. The van der Waals surface area contributed by atoms with Gasteiger partial charge in [0.25, 0.3) is 0 Å². The van der Waals surface area contributed by atoms with E-state index in [0.717, 1.165) is 11.8 Å². The van der Waals surface area contributed by atoms with Crippen LogP contribution in [0.25, 0.3) is 0 Å². The lowest BCUT2D eigenvalue weighted by molar-refractivity contribution is 0.918. The molecule has 0 bridgehead atoms. The number of hydrogen-bond acceptors (Lipinski definition) is 0. The van der Waals surface area contributed by atoms with E-state index in [-0.39, 0.29) is 5.38 Å². The Labute approximate surface area is 62.3 Å². The summed E-state index contributed by atoms with van der Waals surface area (Å²) in [6.45, 7) is 0.